The monoisotopic (exact) mass is 412 g/mol. The van der Waals surface area contributed by atoms with Gasteiger partial charge in [0.05, 0.1) is 31.1 Å². The van der Waals surface area contributed by atoms with E-state index in [9.17, 15) is 9.59 Å². The first kappa shape index (κ1) is 20.4. The topological polar surface area (TPSA) is 76.5 Å². The van der Waals surface area contributed by atoms with Crippen LogP contribution in [-0.2, 0) is 6.54 Å². The molecular formula is C21H21ClN4O3. The number of nitrogens with zero attached hydrogens (tertiary/aromatic N) is 3. The first-order chi connectivity index (χ1) is 13.9. The lowest BCUT2D eigenvalue weighted by molar-refractivity contribution is 0.0827. The van der Waals surface area contributed by atoms with Crippen molar-refractivity contribution in [2.75, 3.05) is 26.5 Å². The molecule has 0 bridgehead atoms. The average Bonchev–Trinajstić information content (AvgIpc) is 3.18. The van der Waals surface area contributed by atoms with Crippen molar-refractivity contribution >= 4 is 29.1 Å². The van der Waals surface area contributed by atoms with E-state index in [4.69, 9.17) is 16.3 Å². The van der Waals surface area contributed by atoms with Crippen LogP contribution in [0.4, 0.5) is 5.69 Å². The maximum Gasteiger partial charge on any atom is 0.258 e. The zero-order chi connectivity index (χ0) is 21.0. The summed E-state index contributed by atoms with van der Waals surface area (Å²) in [5.41, 5.74) is 2.13. The fourth-order valence-electron chi connectivity index (χ4n) is 2.76. The lowest BCUT2D eigenvalue weighted by atomic mass is 10.1. The largest absolute Gasteiger partial charge is 0.495 e. The number of carbonyl (C=O) groups excluding carboxylic acids is 2. The highest BCUT2D eigenvalue weighted by Gasteiger charge is 2.16. The van der Waals surface area contributed by atoms with Gasteiger partial charge in [0, 0.05) is 30.9 Å². The predicted octanol–water partition coefficient (Wildman–Crippen LogP) is 3.55. The number of methoxy groups -OCH3 is 1. The Morgan fingerprint density at radius 1 is 1.17 bits per heavy atom. The minimum Gasteiger partial charge on any atom is -0.495 e. The smallest absolute Gasteiger partial charge is 0.258 e. The standard InChI is InChI=1S/C21H21ClN4O3/c1-25(2)21(28)14-8-9-19(29-3)18(10-14)24-20(27)16-11-23-26(13-16)12-15-6-4-5-7-17(15)22/h4-11,13H,12H2,1-3H3,(H,24,27). The second kappa shape index (κ2) is 8.79. The number of rotatable bonds is 6. The maximum absolute atomic E-state index is 12.7. The minimum atomic E-state index is -0.358. The van der Waals surface area contributed by atoms with Gasteiger partial charge in [-0.25, -0.2) is 0 Å². The molecule has 0 aliphatic carbocycles. The van der Waals surface area contributed by atoms with Gasteiger partial charge in [-0.05, 0) is 29.8 Å². The summed E-state index contributed by atoms with van der Waals surface area (Å²) >= 11 is 6.18. The van der Waals surface area contributed by atoms with E-state index >= 15 is 0 Å². The fraction of sp³-hybridized carbons (Fsp3) is 0.190. The van der Waals surface area contributed by atoms with Crippen LogP contribution in [0, 0.1) is 0 Å². The van der Waals surface area contributed by atoms with Crippen LogP contribution in [0.2, 0.25) is 5.02 Å². The van der Waals surface area contributed by atoms with E-state index in [0.29, 0.717) is 34.1 Å². The Hall–Kier alpha value is -3.32. The number of hydrogen-bond acceptors (Lipinski definition) is 4. The molecule has 7 nitrogen and oxygen atoms in total. The van der Waals surface area contributed by atoms with Crippen molar-refractivity contribution in [3.63, 3.8) is 0 Å². The number of halogens is 1. The van der Waals surface area contributed by atoms with E-state index < -0.39 is 0 Å². The lowest BCUT2D eigenvalue weighted by Gasteiger charge is -2.14. The zero-order valence-electron chi connectivity index (χ0n) is 16.3. The van der Waals surface area contributed by atoms with Crippen LogP contribution in [-0.4, -0.2) is 47.7 Å². The molecule has 1 N–H and O–H groups in total. The van der Waals surface area contributed by atoms with Crippen LogP contribution < -0.4 is 10.1 Å². The summed E-state index contributed by atoms with van der Waals surface area (Å²) < 4.78 is 6.94. The Bertz CT molecular complexity index is 1050. The number of carbonyl (C=O) groups is 2. The molecule has 1 aromatic heterocycles. The molecule has 0 aliphatic heterocycles. The molecule has 150 valence electrons. The molecule has 0 fully saturated rings. The molecule has 29 heavy (non-hydrogen) atoms. The van der Waals surface area contributed by atoms with Gasteiger partial charge in [0.25, 0.3) is 11.8 Å². The molecule has 2 amide bonds. The van der Waals surface area contributed by atoms with Gasteiger partial charge >= 0.3 is 0 Å². The molecule has 1 heterocycles. The van der Waals surface area contributed by atoms with Crippen molar-refractivity contribution in [1.82, 2.24) is 14.7 Å². The highest BCUT2D eigenvalue weighted by Crippen LogP contribution is 2.26. The second-order valence-corrected chi connectivity index (χ2v) is 6.99. The van der Waals surface area contributed by atoms with Crippen molar-refractivity contribution in [1.29, 1.82) is 0 Å². The Kier molecular flexibility index (Phi) is 6.19. The summed E-state index contributed by atoms with van der Waals surface area (Å²) in [7, 11) is 4.83. The van der Waals surface area contributed by atoms with E-state index in [0.717, 1.165) is 5.56 Å². The number of nitrogens with one attached hydrogen (secondary N) is 1. The molecule has 0 unspecified atom stereocenters. The van der Waals surface area contributed by atoms with Gasteiger partial charge in [0.2, 0.25) is 0 Å². The Morgan fingerprint density at radius 3 is 2.62 bits per heavy atom. The summed E-state index contributed by atoms with van der Waals surface area (Å²) in [6.45, 7) is 0.448. The Labute approximate surface area is 173 Å². The zero-order valence-corrected chi connectivity index (χ0v) is 17.1. The quantitative estimate of drug-likeness (QED) is 0.671. The van der Waals surface area contributed by atoms with Crippen molar-refractivity contribution in [2.24, 2.45) is 0 Å². The fourth-order valence-corrected chi connectivity index (χ4v) is 2.96. The Balaban J connectivity index is 1.78. The molecular weight excluding hydrogens is 392 g/mol. The number of aromatic nitrogens is 2. The number of anilines is 1. The first-order valence-corrected chi connectivity index (χ1v) is 9.23. The molecule has 0 spiro atoms. The summed E-state index contributed by atoms with van der Waals surface area (Å²) in [6, 6.07) is 12.4. The van der Waals surface area contributed by atoms with Crippen molar-refractivity contribution < 1.29 is 14.3 Å². The van der Waals surface area contributed by atoms with Gasteiger partial charge in [-0.1, -0.05) is 29.8 Å². The SMILES string of the molecule is COc1ccc(C(=O)N(C)C)cc1NC(=O)c1cnn(Cc2ccccc2Cl)c1. The van der Waals surface area contributed by atoms with Crippen LogP contribution in [0.25, 0.3) is 0 Å². The molecule has 0 atom stereocenters. The van der Waals surface area contributed by atoms with Crippen molar-refractivity contribution in [3.8, 4) is 5.75 Å². The molecule has 0 saturated carbocycles. The molecule has 3 rings (SSSR count). The van der Waals surface area contributed by atoms with Gasteiger partial charge in [0.1, 0.15) is 5.75 Å². The highest BCUT2D eigenvalue weighted by molar-refractivity contribution is 6.31. The van der Waals surface area contributed by atoms with Crippen LogP contribution in [0.15, 0.2) is 54.9 Å². The molecule has 2 aromatic carbocycles. The Morgan fingerprint density at radius 2 is 1.93 bits per heavy atom. The number of benzene rings is 2. The van der Waals surface area contributed by atoms with Gasteiger partial charge in [0.15, 0.2) is 0 Å². The third-order valence-corrected chi connectivity index (χ3v) is 4.66. The summed E-state index contributed by atoms with van der Waals surface area (Å²) in [5.74, 6) is -0.0732. The molecule has 8 heteroatoms. The van der Waals surface area contributed by atoms with Crippen molar-refractivity contribution in [2.45, 2.75) is 6.54 Å². The molecule has 3 aromatic rings. The van der Waals surface area contributed by atoms with Crippen LogP contribution in [0.3, 0.4) is 0 Å². The van der Waals surface area contributed by atoms with E-state index in [2.05, 4.69) is 10.4 Å². The van der Waals surface area contributed by atoms with Crippen LogP contribution in [0.5, 0.6) is 5.75 Å². The highest BCUT2D eigenvalue weighted by atomic mass is 35.5. The van der Waals surface area contributed by atoms with Crippen LogP contribution >= 0.6 is 11.6 Å². The van der Waals surface area contributed by atoms with Gasteiger partial charge in [-0.2, -0.15) is 5.10 Å². The molecule has 0 radical (unpaired) electrons. The molecule has 0 saturated heterocycles. The van der Waals surface area contributed by atoms with E-state index in [1.165, 1.54) is 18.2 Å². The normalized spacial score (nSPS) is 10.5. The summed E-state index contributed by atoms with van der Waals surface area (Å²) in [4.78, 5) is 26.4. The average molecular weight is 413 g/mol. The summed E-state index contributed by atoms with van der Waals surface area (Å²) in [5, 5.41) is 7.66. The van der Waals surface area contributed by atoms with Crippen molar-refractivity contribution in [3.05, 3.63) is 76.6 Å². The van der Waals surface area contributed by atoms with Gasteiger partial charge in [-0.3, -0.25) is 14.3 Å². The maximum atomic E-state index is 12.7. The number of ether oxygens (including phenoxy) is 1. The first-order valence-electron chi connectivity index (χ1n) is 8.86. The third kappa shape index (κ3) is 4.75. The van der Waals surface area contributed by atoms with E-state index in [1.54, 1.807) is 43.2 Å². The van der Waals surface area contributed by atoms with E-state index in [-0.39, 0.29) is 11.8 Å². The molecule has 0 aliphatic rings. The lowest BCUT2D eigenvalue weighted by Crippen LogP contribution is -2.22. The third-order valence-electron chi connectivity index (χ3n) is 4.29. The summed E-state index contributed by atoms with van der Waals surface area (Å²) in [6.07, 6.45) is 3.12. The van der Waals surface area contributed by atoms with Gasteiger partial charge in [-0.15, -0.1) is 0 Å². The number of amides is 2. The second-order valence-electron chi connectivity index (χ2n) is 6.59. The van der Waals surface area contributed by atoms with Crippen LogP contribution in [0.1, 0.15) is 26.3 Å². The number of hydrogen-bond donors (Lipinski definition) is 1. The van der Waals surface area contributed by atoms with E-state index in [1.807, 2.05) is 24.3 Å². The predicted molar refractivity (Wildman–Crippen MR) is 112 cm³/mol. The van der Waals surface area contributed by atoms with Gasteiger partial charge < -0.3 is 15.0 Å². The minimum absolute atomic E-state index is 0.171.